The van der Waals surface area contributed by atoms with Gasteiger partial charge in [0.1, 0.15) is 17.0 Å². The number of hydrogen-bond donors (Lipinski definition) is 1. The summed E-state index contributed by atoms with van der Waals surface area (Å²) in [6.45, 7) is 0. The predicted octanol–water partition coefficient (Wildman–Crippen LogP) is 2.91. The highest BCUT2D eigenvalue weighted by atomic mass is 35.5. The topological polar surface area (TPSA) is 68.0 Å². The summed E-state index contributed by atoms with van der Waals surface area (Å²) in [6.07, 6.45) is 0. The predicted molar refractivity (Wildman–Crippen MR) is 70.8 cm³/mol. The van der Waals surface area contributed by atoms with E-state index in [1.165, 1.54) is 41.1 Å². The van der Waals surface area contributed by atoms with E-state index in [4.69, 9.17) is 16.7 Å². The van der Waals surface area contributed by atoms with Crippen molar-refractivity contribution in [1.82, 2.24) is 15.0 Å². The molecule has 0 amide bonds. The lowest BCUT2D eigenvalue weighted by Crippen LogP contribution is -2.00. The van der Waals surface area contributed by atoms with Crippen molar-refractivity contribution in [2.45, 2.75) is 0 Å². The van der Waals surface area contributed by atoms with Crippen molar-refractivity contribution in [3.8, 4) is 5.69 Å². The molecule has 0 aliphatic rings. The van der Waals surface area contributed by atoms with Gasteiger partial charge in [0.25, 0.3) is 0 Å². The van der Waals surface area contributed by atoms with Crippen molar-refractivity contribution < 1.29 is 14.3 Å². The summed E-state index contributed by atoms with van der Waals surface area (Å²) in [5.74, 6) is -1.56. The highest BCUT2D eigenvalue weighted by Gasteiger charge is 2.13. The number of rotatable bonds is 2. The number of carbonyl (C=O) groups is 1. The molecule has 0 atom stereocenters. The van der Waals surface area contributed by atoms with Gasteiger partial charge in [-0.25, -0.2) is 13.9 Å². The zero-order valence-electron chi connectivity index (χ0n) is 9.92. The highest BCUT2D eigenvalue weighted by molar-refractivity contribution is 6.30. The van der Waals surface area contributed by atoms with E-state index in [9.17, 15) is 9.18 Å². The summed E-state index contributed by atoms with van der Waals surface area (Å²) in [6, 6.07) is 8.41. The van der Waals surface area contributed by atoms with E-state index in [1.807, 2.05) is 0 Å². The van der Waals surface area contributed by atoms with Crippen LogP contribution in [0.15, 0.2) is 36.4 Å². The molecule has 3 rings (SSSR count). The number of aromatic nitrogens is 3. The third-order valence-electron chi connectivity index (χ3n) is 2.83. The van der Waals surface area contributed by atoms with Gasteiger partial charge in [0.15, 0.2) is 0 Å². The number of halogens is 2. The highest BCUT2D eigenvalue weighted by Crippen LogP contribution is 2.22. The first-order chi connectivity index (χ1) is 9.56. The second-order valence-electron chi connectivity index (χ2n) is 4.11. The summed E-state index contributed by atoms with van der Waals surface area (Å²) < 4.78 is 15.1. The molecule has 0 bridgehead atoms. The van der Waals surface area contributed by atoms with Crippen molar-refractivity contribution >= 4 is 28.6 Å². The Balaban J connectivity index is 2.22. The van der Waals surface area contributed by atoms with E-state index in [0.29, 0.717) is 16.1 Å². The lowest BCUT2D eigenvalue weighted by atomic mass is 10.2. The Morgan fingerprint density at radius 3 is 2.80 bits per heavy atom. The minimum atomic E-state index is -1.06. The first-order valence-electron chi connectivity index (χ1n) is 5.60. The maximum Gasteiger partial charge on any atom is 0.335 e. The Hall–Kier alpha value is -2.47. The zero-order chi connectivity index (χ0) is 14.3. The molecule has 0 fully saturated rings. The molecule has 100 valence electrons. The second-order valence-corrected chi connectivity index (χ2v) is 4.54. The maximum absolute atomic E-state index is 13.8. The number of aromatic carboxylic acids is 1. The van der Waals surface area contributed by atoms with Crippen LogP contribution in [0.3, 0.4) is 0 Å². The van der Waals surface area contributed by atoms with Gasteiger partial charge in [-0.2, -0.15) is 0 Å². The fraction of sp³-hybridized carbons (Fsp3) is 0. The van der Waals surface area contributed by atoms with Gasteiger partial charge in [0, 0.05) is 5.02 Å². The average Bonchev–Trinajstić information content (AvgIpc) is 2.84. The molecule has 1 aromatic heterocycles. The quantitative estimate of drug-likeness (QED) is 0.788. The average molecular weight is 292 g/mol. The van der Waals surface area contributed by atoms with Crippen LogP contribution in [0.1, 0.15) is 10.4 Å². The molecular formula is C13H7ClFN3O2. The molecule has 7 heteroatoms. The summed E-state index contributed by atoms with van der Waals surface area (Å²) in [5.41, 5.74) is 1.11. The van der Waals surface area contributed by atoms with Crippen molar-refractivity contribution in [1.29, 1.82) is 0 Å². The smallest absolute Gasteiger partial charge is 0.335 e. The van der Waals surface area contributed by atoms with Crippen LogP contribution in [-0.2, 0) is 0 Å². The van der Waals surface area contributed by atoms with Gasteiger partial charge in [-0.3, -0.25) is 0 Å². The number of nitrogens with zero attached hydrogens (tertiary/aromatic N) is 3. The molecule has 2 aromatic carbocycles. The van der Waals surface area contributed by atoms with Crippen LogP contribution < -0.4 is 0 Å². The fourth-order valence-corrected chi connectivity index (χ4v) is 2.05. The molecule has 5 nitrogen and oxygen atoms in total. The Labute approximate surface area is 117 Å². The molecule has 0 saturated carbocycles. The lowest BCUT2D eigenvalue weighted by Gasteiger charge is -2.04. The van der Waals surface area contributed by atoms with Crippen LogP contribution in [0, 0.1) is 5.82 Å². The standard InChI is InChI=1S/C13H7ClFN3O2/c14-8-2-3-9(15)12(6-8)18-11-4-1-7(13(19)20)5-10(11)16-17-18/h1-6H,(H,19,20). The number of hydrogen-bond acceptors (Lipinski definition) is 3. The van der Waals surface area contributed by atoms with Gasteiger partial charge < -0.3 is 5.11 Å². The first kappa shape index (κ1) is 12.6. The van der Waals surface area contributed by atoms with Crippen molar-refractivity contribution in [3.63, 3.8) is 0 Å². The fourth-order valence-electron chi connectivity index (χ4n) is 1.88. The van der Waals surface area contributed by atoms with Crippen molar-refractivity contribution in [2.75, 3.05) is 0 Å². The Kier molecular flexibility index (Phi) is 2.87. The minimum absolute atomic E-state index is 0.0936. The van der Waals surface area contributed by atoms with Gasteiger partial charge in [-0.1, -0.05) is 16.8 Å². The molecule has 1 heterocycles. The van der Waals surface area contributed by atoms with Crippen molar-refractivity contribution in [2.24, 2.45) is 0 Å². The Morgan fingerprint density at radius 2 is 2.05 bits per heavy atom. The summed E-state index contributed by atoms with van der Waals surface area (Å²) in [7, 11) is 0. The molecule has 0 radical (unpaired) electrons. The molecule has 0 aliphatic carbocycles. The van der Waals surface area contributed by atoms with Crippen LogP contribution in [0.5, 0.6) is 0 Å². The van der Waals surface area contributed by atoms with E-state index < -0.39 is 11.8 Å². The lowest BCUT2D eigenvalue weighted by molar-refractivity contribution is 0.0697. The second kappa shape index (κ2) is 4.57. The SMILES string of the molecule is O=C(O)c1ccc2c(c1)nnn2-c1cc(Cl)ccc1F. The van der Waals surface area contributed by atoms with Gasteiger partial charge >= 0.3 is 5.97 Å². The molecule has 0 spiro atoms. The van der Waals surface area contributed by atoms with E-state index in [1.54, 1.807) is 0 Å². The summed E-state index contributed by atoms with van der Waals surface area (Å²) >= 11 is 5.85. The third-order valence-corrected chi connectivity index (χ3v) is 3.06. The molecule has 3 aromatic rings. The van der Waals surface area contributed by atoms with Gasteiger partial charge in [-0.05, 0) is 36.4 Å². The third kappa shape index (κ3) is 2.00. The summed E-state index contributed by atoms with van der Waals surface area (Å²) in [5, 5.41) is 17.0. The zero-order valence-corrected chi connectivity index (χ0v) is 10.7. The number of carboxylic acid groups (broad SMARTS) is 1. The van der Waals surface area contributed by atoms with E-state index >= 15 is 0 Å². The van der Waals surface area contributed by atoms with Crippen LogP contribution in [0.2, 0.25) is 5.02 Å². The van der Waals surface area contributed by atoms with E-state index in [0.717, 1.165) is 0 Å². The van der Waals surface area contributed by atoms with Crippen LogP contribution in [0.4, 0.5) is 4.39 Å². The molecular weight excluding hydrogens is 285 g/mol. The molecule has 0 unspecified atom stereocenters. The first-order valence-corrected chi connectivity index (χ1v) is 5.98. The van der Waals surface area contributed by atoms with Gasteiger partial charge in [-0.15, -0.1) is 5.10 Å². The Bertz CT molecular complexity index is 832. The normalized spacial score (nSPS) is 10.9. The summed E-state index contributed by atoms with van der Waals surface area (Å²) in [4.78, 5) is 10.9. The Morgan fingerprint density at radius 1 is 1.25 bits per heavy atom. The molecule has 0 aliphatic heterocycles. The van der Waals surface area contributed by atoms with Gasteiger partial charge in [0.05, 0.1) is 11.1 Å². The van der Waals surface area contributed by atoms with E-state index in [2.05, 4.69) is 10.3 Å². The monoisotopic (exact) mass is 291 g/mol. The maximum atomic E-state index is 13.8. The molecule has 20 heavy (non-hydrogen) atoms. The molecule has 1 N–H and O–H groups in total. The van der Waals surface area contributed by atoms with Crippen LogP contribution in [-0.4, -0.2) is 26.1 Å². The van der Waals surface area contributed by atoms with E-state index in [-0.39, 0.29) is 11.3 Å². The minimum Gasteiger partial charge on any atom is -0.478 e. The van der Waals surface area contributed by atoms with Crippen LogP contribution in [0.25, 0.3) is 16.7 Å². The number of fused-ring (bicyclic) bond motifs is 1. The van der Waals surface area contributed by atoms with Crippen molar-refractivity contribution in [3.05, 3.63) is 52.8 Å². The van der Waals surface area contributed by atoms with Crippen LogP contribution >= 0.6 is 11.6 Å². The molecule has 0 saturated heterocycles. The number of benzene rings is 2. The number of carboxylic acids is 1. The largest absolute Gasteiger partial charge is 0.478 e. The van der Waals surface area contributed by atoms with Gasteiger partial charge in [0.2, 0.25) is 0 Å².